The number of hydrazone groups is 1. The van der Waals surface area contributed by atoms with E-state index in [0.717, 1.165) is 23.5 Å². The lowest BCUT2D eigenvalue weighted by Crippen LogP contribution is -2.09. The molecule has 0 saturated carbocycles. The summed E-state index contributed by atoms with van der Waals surface area (Å²) in [6, 6.07) is 35.4. The van der Waals surface area contributed by atoms with Crippen molar-refractivity contribution in [3.8, 4) is 0 Å². The first kappa shape index (κ1) is 19.4. The summed E-state index contributed by atoms with van der Waals surface area (Å²) in [6.45, 7) is 0.787. The third kappa shape index (κ3) is 3.80. The van der Waals surface area contributed by atoms with Crippen LogP contribution >= 0.6 is 11.6 Å². The number of hydrogen-bond donors (Lipinski definition) is 0. The molecule has 0 amide bonds. The second kappa shape index (κ2) is 8.66. The molecule has 1 aromatic heterocycles. The van der Waals surface area contributed by atoms with Crippen molar-refractivity contribution in [1.82, 2.24) is 4.57 Å². The standard InChI is InChI=1S/C27H22ClN3/c28-17-18-30-26-14-8-7-13-24(26)25-19-21(15-16-27(25)30)20-29-31(22-9-3-1-4-10-22)23-11-5-2-6-12-23/h1-16,19-20H,17-18H2. The lowest BCUT2D eigenvalue weighted by molar-refractivity contribution is 0.834. The second-order valence-corrected chi connectivity index (χ2v) is 7.74. The van der Waals surface area contributed by atoms with Crippen LogP contribution in [-0.2, 0) is 6.54 Å². The van der Waals surface area contributed by atoms with Crippen molar-refractivity contribution in [2.75, 3.05) is 10.9 Å². The van der Waals surface area contributed by atoms with Crippen LogP contribution in [0.5, 0.6) is 0 Å². The van der Waals surface area contributed by atoms with E-state index in [1.165, 1.54) is 21.8 Å². The van der Waals surface area contributed by atoms with Crippen LogP contribution in [0.25, 0.3) is 21.8 Å². The van der Waals surface area contributed by atoms with Crippen LogP contribution in [0.4, 0.5) is 11.4 Å². The molecule has 5 rings (SSSR count). The molecule has 0 atom stereocenters. The molecule has 0 radical (unpaired) electrons. The normalized spacial score (nSPS) is 11.5. The fourth-order valence-electron chi connectivity index (χ4n) is 4.02. The minimum Gasteiger partial charge on any atom is -0.339 e. The summed E-state index contributed by atoms with van der Waals surface area (Å²) in [7, 11) is 0. The van der Waals surface area contributed by atoms with Crippen molar-refractivity contribution >= 4 is 51.0 Å². The molecule has 5 aromatic rings. The van der Waals surface area contributed by atoms with E-state index in [1.54, 1.807) is 0 Å². The van der Waals surface area contributed by atoms with E-state index >= 15 is 0 Å². The maximum absolute atomic E-state index is 6.08. The molecular weight excluding hydrogens is 402 g/mol. The van der Waals surface area contributed by atoms with Gasteiger partial charge in [0.2, 0.25) is 0 Å². The molecule has 0 fully saturated rings. The Labute approximate surface area is 186 Å². The van der Waals surface area contributed by atoms with E-state index in [2.05, 4.69) is 71.3 Å². The Morgan fingerprint density at radius 2 is 1.32 bits per heavy atom. The molecule has 4 aromatic carbocycles. The van der Waals surface area contributed by atoms with Gasteiger partial charge in [-0.25, -0.2) is 5.01 Å². The van der Waals surface area contributed by atoms with Gasteiger partial charge < -0.3 is 4.57 Å². The summed E-state index contributed by atoms with van der Waals surface area (Å²) in [6.07, 6.45) is 1.92. The number of alkyl halides is 1. The van der Waals surface area contributed by atoms with Crippen molar-refractivity contribution in [2.45, 2.75) is 6.54 Å². The molecule has 152 valence electrons. The van der Waals surface area contributed by atoms with Crippen molar-refractivity contribution in [3.63, 3.8) is 0 Å². The summed E-state index contributed by atoms with van der Waals surface area (Å²) >= 11 is 6.08. The van der Waals surface area contributed by atoms with Crippen LogP contribution in [-0.4, -0.2) is 16.7 Å². The number of nitrogens with zero attached hydrogens (tertiary/aromatic N) is 3. The zero-order chi connectivity index (χ0) is 21.0. The predicted molar refractivity (Wildman–Crippen MR) is 133 cm³/mol. The van der Waals surface area contributed by atoms with E-state index in [1.807, 2.05) is 47.6 Å². The highest BCUT2D eigenvalue weighted by Gasteiger charge is 2.11. The van der Waals surface area contributed by atoms with E-state index in [0.29, 0.717) is 5.88 Å². The van der Waals surface area contributed by atoms with Gasteiger partial charge in [0.15, 0.2) is 0 Å². The third-order valence-corrected chi connectivity index (χ3v) is 5.60. The van der Waals surface area contributed by atoms with Gasteiger partial charge in [0.05, 0.1) is 17.6 Å². The molecule has 0 aliphatic carbocycles. The number of halogens is 1. The van der Waals surface area contributed by atoms with Crippen molar-refractivity contribution in [2.24, 2.45) is 5.10 Å². The lowest BCUT2D eigenvalue weighted by Gasteiger charge is -2.19. The Morgan fingerprint density at radius 1 is 0.710 bits per heavy atom. The molecule has 0 N–H and O–H groups in total. The third-order valence-electron chi connectivity index (χ3n) is 5.43. The van der Waals surface area contributed by atoms with Gasteiger partial charge in [0, 0.05) is 34.2 Å². The number of anilines is 2. The largest absolute Gasteiger partial charge is 0.339 e. The average molecular weight is 424 g/mol. The summed E-state index contributed by atoms with van der Waals surface area (Å²) in [4.78, 5) is 0. The molecule has 0 bridgehead atoms. The van der Waals surface area contributed by atoms with E-state index in [-0.39, 0.29) is 0 Å². The molecule has 31 heavy (non-hydrogen) atoms. The van der Waals surface area contributed by atoms with E-state index in [9.17, 15) is 0 Å². The topological polar surface area (TPSA) is 20.5 Å². The maximum Gasteiger partial charge on any atom is 0.0652 e. The average Bonchev–Trinajstić information content (AvgIpc) is 3.14. The number of aryl methyl sites for hydroxylation is 1. The zero-order valence-electron chi connectivity index (χ0n) is 17.0. The van der Waals surface area contributed by atoms with Gasteiger partial charge in [-0.1, -0.05) is 60.7 Å². The van der Waals surface area contributed by atoms with Gasteiger partial charge in [-0.2, -0.15) is 5.10 Å². The highest BCUT2D eigenvalue weighted by Crippen LogP contribution is 2.30. The Kier molecular flexibility index (Phi) is 5.42. The van der Waals surface area contributed by atoms with Crippen LogP contribution in [0, 0.1) is 0 Å². The summed E-state index contributed by atoms with van der Waals surface area (Å²) in [5, 5.41) is 9.26. The molecule has 3 nitrogen and oxygen atoms in total. The molecule has 0 aliphatic heterocycles. The molecule has 0 aliphatic rings. The molecule has 1 heterocycles. The maximum atomic E-state index is 6.08. The molecule has 0 saturated heterocycles. The second-order valence-electron chi connectivity index (χ2n) is 7.36. The number of hydrogen-bond acceptors (Lipinski definition) is 2. The van der Waals surface area contributed by atoms with Gasteiger partial charge in [0.1, 0.15) is 0 Å². The Hall–Kier alpha value is -3.56. The summed E-state index contributed by atoms with van der Waals surface area (Å²) in [5.74, 6) is 0.583. The number of para-hydroxylation sites is 3. The Balaban J connectivity index is 1.58. The van der Waals surface area contributed by atoms with Crippen LogP contribution in [0.1, 0.15) is 5.56 Å². The van der Waals surface area contributed by atoms with Gasteiger partial charge >= 0.3 is 0 Å². The van der Waals surface area contributed by atoms with Gasteiger partial charge in [-0.15, -0.1) is 11.6 Å². The SMILES string of the molecule is ClCCn1c2ccccc2c2cc(C=NN(c3ccccc3)c3ccccc3)ccc21. The van der Waals surface area contributed by atoms with E-state index in [4.69, 9.17) is 16.7 Å². The highest BCUT2D eigenvalue weighted by molar-refractivity contribution is 6.18. The van der Waals surface area contributed by atoms with Crippen LogP contribution < -0.4 is 5.01 Å². The van der Waals surface area contributed by atoms with Crippen molar-refractivity contribution in [3.05, 3.63) is 109 Å². The smallest absolute Gasteiger partial charge is 0.0652 e. The number of benzene rings is 4. The molecule has 4 heteroatoms. The Morgan fingerprint density at radius 3 is 2.00 bits per heavy atom. The summed E-state index contributed by atoms with van der Waals surface area (Å²) in [5.41, 5.74) is 5.50. The Bertz CT molecular complexity index is 1300. The van der Waals surface area contributed by atoms with Gasteiger partial charge in [0.25, 0.3) is 0 Å². The first-order valence-corrected chi connectivity index (χ1v) is 10.9. The zero-order valence-corrected chi connectivity index (χ0v) is 17.8. The molecule has 0 unspecified atom stereocenters. The monoisotopic (exact) mass is 423 g/mol. The van der Waals surface area contributed by atoms with Crippen molar-refractivity contribution < 1.29 is 0 Å². The van der Waals surface area contributed by atoms with E-state index < -0.39 is 0 Å². The fraction of sp³-hybridized carbons (Fsp3) is 0.0741. The van der Waals surface area contributed by atoms with Gasteiger partial charge in [-0.3, -0.25) is 0 Å². The number of fused-ring (bicyclic) bond motifs is 3. The fourth-order valence-corrected chi connectivity index (χ4v) is 4.19. The highest BCUT2D eigenvalue weighted by atomic mass is 35.5. The molecular formula is C27H22ClN3. The lowest BCUT2D eigenvalue weighted by atomic mass is 10.1. The predicted octanol–water partition coefficient (Wildman–Crippen LogP) is 7.21. The quantitative estimate of drug-likeness (QED) is 0.160. The van der Waals surface area contributed by atoms with Crippen LogP contribution in [0.3, 0.4) is 0 Å². The minimum atomic E-state index is 0.583. The summed E-state index contributed by atoms with van der Waals surface area (Å²) < 4.78 is 2.29. The van der Waals surface area contributed by atoms with Gasteiger partial charge in [-0.05, 0) is 48.0 Å². The number of aromatic nitrogens is 1. The molecule has 0 spiro atoms. The first-order chi connectivity index (χ1) is 15.3. The van der Waals surface area contributed by atoms with Crippen LogP contribution in [0.2, 0.25) is 0 Å². The van der Waals surface area contributed by atoms with Crippen molar-refractivity contribution in [1.29, 1.82) is 0 Å². The minimum absolute atomic E-state index is 0.583. The first-order valence-electron chi connectivity index (χ1n) is 10.4. The van der Waals surface area contributed by atoms with Crippen LogP contribution in [0.15, 0.2) is 108 Å². The number of rotatable bonds is 6.